The van der Waals surface area contributed by atoms with Gasteiger partial charge in [-0.05, 0) is 31.2 Å². The minimum absolute atomic E-state index is 0.126. The Hall–Kier alpha value is -0.830. The summed E-state index contributed by atoms with van der Waals surface area (Å²) < 4.78 is 0. The minimum atomic E-state index is 0.126. The van der Waals surface area contributed by atoms with E-state index >= 15 is 0 Å². The molecule has 1 aromatic carbocycles. The van der Waals surface area contributed by atoms with Crippen LogP contribution in [0.2, 0.25) is 0 Å². The fraction of sp³-hybridized carbons (Fsp3) is 0.562. The Balaban J connectivity index is 2.38. The van der Waals surface area contributed by atoms with Gasteiger partial charge in [-0.3, -0.25) is 4.79 Å². The van der Waals surface area contributed by atoms with E-state index in [1.165, 1.54) is 18.4 Å². The number of rotatable bonds is 8. The summed E-state index contributed by atoms with van der Waals surface area (Å²) in [5.41, 5.74) is 2.29. The second-order valence-corrected chi connectivity index (χ2v) is 5.90. The predicted molar refractivity (Wildman–Crippen MR) is 84.7 cm³/mol. The van der Waals surface area contributed by atoms with Crippen molar-refractivity contribution in [3.63, 3.8) is 0 Å². The first-order chi connectivity index (χ1) is 9.15. The molecular formula is C16H24BrNO. The molecule has 2 nitrogen and oxygen atoms in total. The van der Waals surface area contributed by atoms with E-state index in [2.05, 4.69) is 47.2 Å². The maximum Gasteiger partial charge on any atom is 0.224 e. The average Bonchev–Trinajstić information content (AvgIpc) is 2.36. The molecule has 0 radical (unpaired) electrons. The Bertz CT molecular complexity index is 386. The largest absolute Gasteiger partial charge is 0.356 e. The van der Waals surface area contributed by atoms with Gasteiger partial charge in [0.2, 0.25) is 5.91 Å². The first-order valence-electron chi connectivity index (χ1n) is 7.04. The van der Waals surface area contributed by atoms with Crippen molar-refractivity contribution in [2.75, 3.05) is 11.9 Å². The van der Waals surface area contributed by atoms with E-state index in [1.54, 1.807) is 0 Å². The highest BCUT2D eigenvalue weighted by molar-refractivity contribution is 9.09. The SMILES string of the molecule is CCCC(CCBr)CNC(=O)Cc1cccc(C)c1. The summed E-state index contributed by atoms with van der Waals surface area (Å²) >= 11 is 3.48. The van der Waals surface area contributed by atoms with Gasteiger partial charge >= 0.3 is 0 Å². The number of carbonyl (C=O) groups is 1. The summed E-state index contributed by atoms with van der Waals surface area (Å²) in [5, 5.41) is 4.07. The lowest BCUT2D eigenvalue weighted by Crippen LogP contribution is -2.30. The molecule has 0 aliphatic carbocycles. The second-order valence-electron chi connectivity index (χ2n) is 5.10. The third-order valence-corrected chi connectivity index (χ3v) is 3.71. The molecule has 0 heterocycles. The molecule has 19 heavy (non-hydrogen) atoms. The average molecular weight is 326 g/mol. The summed E-state index contributed by atoms with van der Waals surface area (Å²) in [4.78, 5) is 11.9. The van der Waals surface area contributed by atoms with E-state index in [1.807, 2.05) is 12.1 Å². The molecule has 0 spiro atoms. The van der Waals surface area contributed by atoms with Crippen molar-refractivity contribution in [1.82, 2.24) is 5.32 Å². The predicted octanol–water partition coefficient (Wildman–Crippen LogP) is 3.86. The minimum Gasteiger partial charge on any atom is -0.356 e. The second kappa shape index (κ2) is 9.13. The number of carbonyl (C=O) groups excluding carboxylic acids is 1. The third kappa shape index (κ3) is 6.76. The normalized spacial score (nSPS) is 12.2. The number of hydrogen-bond acceptors (Lipinski definition) is 1. The Morgan fingerprint density at radius 3 is 2.79 bits per heavy atom. The molecule has 0 bridgehead atoms. The Morgan fingerprint density at radius 1 is 1.37 bits per heavy atom. The van der Waals surface area contributed by atoms with Gasteiger partial charge in [0.25, 0.3) is 0 Å². The molecular weight excluding hydrogens is 302 g/mol. The topological polar surface area (TPSA) is 29.1 Å². The first kappa shape index (κ1) is 16.2. The Kier molecular flexibility index (Phi) is 7.80. The molecule has 1 N–H and O–H groups in total. The molecule has 1 aromatic rings. The zero-order chi connectivity index (χ0) is 14.1. The van der Waals surface area contributed by atoms with E-state index in [4.69, 9.17) is 0 Å². The standard InChI is InChI=1S/C16H24BrNO/c1-3-5-14(8-9-17)12-18-16(19)11-15-7-4-6-13(2)10-15/h4,6-7,10,14H,3,5,8-9,11-12H2,1-2H3,(H,18,19). The van der Waals surface area contributed by atoms with Crippen LogP contribution < -0.4 is 5.32 Å². The lowest BCUT2D eigenvalue weighted by molar-refractivity contribution is -0.120. The van der Waals surface area contributed by atoms with E-state index in [-0.39, 0.29) is 5.91 Å². The lowest BCUT2D eigenvalue weighted by atomic mass is 10.0. The van der Waals surface area contributed by atoms with Crippen LogP contribution in [0, 0.1) is 12.8 Å². The van der Waals surface area contributed by atoms with Crippen LogP contribution in [0.15, 0.2) is 24.3 Å². The Morgan fingerprint density at radius 2 is 2.16 bits per heavy atom. The number of halogens is 1. The molecule has 106 valence electrons. The fourth-order valence-electron chi connectivity index (χ4n) is 2.24. The van der Waals surface area contributed by atoms with Crippen LogP contribution in [-0.4, -0.2) is 17.8 Å². The number of nitrogens with one attached hydrogen (secondary N) is 1. The van der Waals surface area contributed by atoms with Crippen LogP contribution in [-0.2, 0) is 11.2 Å². The van der Waals surface area contributed by atoms with Gasteiger partial charge in [0.1, 0.15) is 0 Å². The number of hydrogen-bond donors (Lipinski definition) is 1. The van der Waals surface area contributed by atoms with Gasteiger partial charge in [-0.2, -0.15) is 0 Å². The van der Waals surface area contributed by atoms with Crippen molar-refractivity contribution in [3.05, 3.63) is 35.4 Å². The summed E-state index contributed by atoms with van der Waals surface area (Å²) in [7, 11) is 0. The lowest BCUT2D eigenvalue weighted by Gasteiger charge is -2.15. The van der Waals surface area contributed by atoms with Crippen LogP contribution in [0.5, 0.6) is 0 Å². The molecule has 3 heteroatoms. The van der Waals surface area contributed by atoms with Gasteiger partial charge in [0.15, 0.2) is 0 Å². The molecule has 0 saturated heterocycles. The number of alkyl halides is 1. The van der Waals surface area contributed by atoms with Gasteiger partial charge in [-0.25, -0.2) is 0 Å². The highest BCUT2D eigenvalue weighted by Gasteiger charge is 2.09. The van der Waals surface area contributed by atoms with Crippen LogP contribution in [0.4, 0.5) is 0 Å². The summed E-state index contributed by atoms with van der Waals surface area (Å²) in [6.45, 7) is 5.04. The molecule has 1 amide bonds. The summed E-state index contributed by atoms with van der Waals surface area (Å²) in [6, 6.07) is 8.13. The smallest absolute Gasteiger partial charge is 0.224 e. The molecule has 0 fully saturated rings. The van der Waals surface area contributed by atoms with E-state index in [9.17, 15) is 4.79 Å². The highest BCUT2D eigenvalue weighted by Crippen LogP contribution is 2.12. The van der Waals surface area contributed by atoms with Crippen molar-refractivity contribution >= 4 is 21.8 Å². The van der Waals surface area contributed by atoms with Crippen LogP contribution >= 0.6 is 15.9 Å². The Labute approximate surface area is 125 Å². The van der Waals surface area contributed by atoms with Crippen molar-refractivity contribution in [1.29, 1.82) is 0 Å². The zero-order valence-electron chi connectivity index (χ0n) is 11.9. The van der Waals surface area contributed by atoms with Crippen molar-refractivity contribution < 1.29 is 4.79 Å². The van der Waals surface area contributed by atoms with Gasteiger partial charge in [-0.1, -0.05) is 59.1 Å². The summed E-state index contributed by atoms with van der Waals surface area (Å²) in [6.07, 6.45) is 3.95. The maximum absolute atomic E-state index is 11.9. The first-order valence-corrected chi connectivity index (χ1v) is 8.16. The highest BCUT2D eigenvalue weighted by atomic mass is 79.9. The quantitative estimate of drug-likeness (QED) is 0.722. The number of amides is 1. The molecule has 0 saturated carbocycles. The van der Waals surface area contributed by atoms with Gasteiger partial charge < -0.3 is 5.32 Å². The fourth-order valence-corrected chi connectivity index (χ4v) is 2.89. The van der Waals surface area contributed by atoms with E-state index < -0.39 is 0 Å². The monoisotopic (exact) mass is 325 g/mol. The van der Waals surface area contributed by atoms with Crippen LogP contribution in [0.25, 0.3) is 0 Å². The number of aryl methyl sites for hydroxylation is 1. The zero-order valence-corrected chi connectivity index (χ0v) is 13.5. The molecule has 0 aromatic heterocycles. The van der Waals surface area contributed by atoms with E-state index in [0.717, 1.165) is 23.9 Å². The van der Waals surface area contributed by atoms with Crippen molar-refractivity contribution in [2.24, 2.45) is 5.92 Å². The molecule has 0 aliphatic rings. The van der Waals surface area contributed by atoms with Crippen LogP contribution in [0.1, 0.15) is 37.3 Å². The molecule has 1 rings (SSSR count). The maximum atomic E-state index is 11.9. The third-order valence-electron chi connectivity index (χ3n) is 3.25. The molecule has 1 unspecified atom stereocenters. The van der Waals surface area contributed by atoms with Crippen molar-refractivity contribution in [2.45, 2.75) is 39.5 Å². The van der Waals surface area contributed by atoms with Gasteiger partial charge in [0, 0.05) is 11.9 Å². The van der Waals surface area contributed by atoms with Crippen molar-refractivity contribution in [3.8, 4) is 0 Å². The van der Waals surface area contributed by atoms with Gasteiger partial charge in [-0.15, -0.1) is 0 Å². The van der Waals surface area contributed by atoms with Gasteiger partial charge in [0.05, 0.1) is 6.42 Å². The molecule has 1 atom stereocenters. The number of benzene rings is 1. The summed E-state index contributed by atoms with van der Waals surface area (Å²) in [5.74, 6) is 0.715. The van der Waals surface area contributed by atoms with E-state index in [0.29, 0.717) is 12.3 Å². The molecule has 0 aliphatic heterocycles. The van der Waals surface area contributed by atoms with Crippen LogP contribution in [0.3, 0.4) is 0 Å².